The Morgan fingerprint density at radius 3 is 2.10 bits per heavy atom. The van der Waals surface area contributed by atoms with Crippen molar-refractivity contribution in [2.75, 3.05) is 4.72 Å². The number of H-pyrrole nitrogens is 2. The number of halogens is 2. The Bertz CT molecular complexity index is 1500. The summed E-state index contributed by atoms with van der Waals surface area (Å²) in [6.07, 6.45) is 3.25. The lowest BCUT2D eigenvalue weighted by molar-refractivity contribution is 0.601. The molecule has 11 heteroatoms. The minimum absolute atomic E-state index is 0.121. The van der Waals surface area contributed by atoms with E-state index in [1.54, 1.807) is 36.7 Å². The average molecular weight is 463 g/mol. The molecular formula is C19H12Cl2N4O4S. The zero-order chi connectivity index (χ0) is 21.5. The van der Waals surface area contributed by atoms with Crippen LogP contribution in [0.4, 0.5) is 5.69 Å². The van der Waals surface area contributed by atoms with Gasteiger partial charge in [-0.15, -0.1) is 0 Å². The Labute approximate surface area is 179 Å². The van der Waals surface area contributed by atoms with Crippen molar-refractivity contribution in [1.29, 1.82) is 0 Å². The van der Waals surface area contributed by atoms with E-state index in [1.165, 1.54) is 18.2 Å². The smallest absolute Gasteiger partial charge is 0.314 e. The number of fused-ring (bicyclic) bond motifs is 1. The summed E-state index contributed by atoms with van der Waals surface area (Å²) >= 11 is 12.4. The van der Waals surface area contributed by atoms with Crippen LogP contribution in [0, 0.1) is 0 Å². The first-order valence-corrected chi connectivity index (χ1v) is 10.7. The van der Waals surface area contributed by atoms with Crippen LogP contribution >= 0.6 is 23.2 Å². The lowest BCUT2D eigenvalue weighted by atomic mass is 10.1. The van der Waals surface area contributed by atoms with Crippen molar-refractivity contribution in [3.8, 4) is 11.1 Å². The maximum atomic E-state index is 12.9. The van der Waals surface area contributed by atoms with Crippen molar-refractivity contribution in [2.24, 2.45) is 0 Å². The SMILES string of the molecule is O=c1[nH]c2cc(Cl)c(S(=O)(=O)Nc3ccc(-c4ccncc4)c(Cl)c3)cc2[nH]c1=O. The first kappa shape index (κ1) is 20.1. The summed E-state index contributed by atoms with van der Waals surface area (Å²) in [5.74, 6) is 0. The van der Waals surface area contributed by atoms with E-state index in [1.807, 2.05) is 0 Å². The Balaban J connectivity index is 1.72. The molecule has 4 aromatic rings. The predicted octanol–water partition coefficient (Wildman–Crippen LogP) is 3.39. The summed E-state index contributed by atoms with van der Waals surface area (Å²) in [5, 5.41) is 0.213. The third kappa shape index (κ3) is 3.82. The molecule has 0 atom stereocenters. The van der Waals surface area contributed by atoms with Crippen LogP contribution in [-0.4, -0.2) is 23.4 Å². The summed E-state index contributed by atoms with van der Waals surface area (Å²) in [6, 6.07) is 10.7. The summed E-state index contributed by atoms with van der Waals surface area (Å²) in [6.45, 7) is 0. The molecule has 0 aliphatic rings. The third-order valence-electron chi connectivity index (χ3n) is 4.28. The fraction of sp³-hybridized carbons (Fsp3) is 0. The van der Waals surface area contributed by atoms with E-state index >= 15 is 0 Å². The second-order valence-corrected chi connectivity index (χ2v) is 8.74. The van der Waals surface area contributed by atoms with Crippen molar-refractivity contribution in [1.82, 2.24) is 15.0 Å². The third-order valence-corrected chi connectivity index (χ3v) is 6.44. The number of anilines is 1. The lowest BCUT2D eigenvalue weighted by Crippen LogP contribution is -2.29. The van der Waals surface area contributed by atoms with Gasteiger partial charge in [0.15, 0.2) is 0 Å². The second-order valence-electron chi connectivity index (χ2n) is 6.27. The lowest BCUT2D eigenvalue weighted by Gasteiger charge is -2.12. The molecule has 30 heavy (non-hydrogen) atoms. The molecular weight excluding hydrogens is 451 g/mol. The molecule has 0 fully saturated rings. The first-order chi connectivity index (χ1) is 14.2. The Morgan fingerprint density at radius 1 is 0.833 bits per heavy atom. The van der Waals surface area contributed by atoms with Crippen LogP contribution in [0.1, 0.15) is 0 Å². The molecule has 0 amide bonds. The number of aromatic amines is 2. The Hall–Kier alpha value is -3.14. The summed E-state index contributed by atoms with van der Waals surface area (Å²) in [7, 11) is -4.12. The van der Waals surface area contributed by atoms with E-state index in [2.05, 4.69) is 19.7 Å². The maximum Gasteiger partial charge on any atom is 0.314 e. The van der Waals surface area contributed by atoms with Crippen LogP contribution in [0.25, 0.3) is 22.2 Å². The van der Waals surface area contributed by atoms with Gasteiger partial charge in [-0.25, -0.2) is 8.42 Å². The van der Waals surface area contributed by atoms with Crippen LogP contribution in [0.3, 0.4) is 0 Å². The quantitative estimate of drug-likeness (QED) is 0.400. The van der Waals surface area contributed by atoms with Gasteiger partial charge in [0.2, 0.25) is 0 Å². The van der Waals surface area contributed by atoms with Crippen LogP contribution in [0.5, 0.6) is 0 Å². The number of nitrogens with zero attached hydrogens (tertiary/aromatic N) is 1. The largest absolute Gasteiger partial charge is 0.316 e. The summed E-state index contributed by atoms with van der Waals surface area (Å²) < 4.78 is 28.2. The standard InChI is InChI=1S/C19H12Cl2N4O4S/c20-13-7-11(1-2-12(13)10-3-5-22-6-4-10)25-30(28,29)17-9-16-15(8-14(17)21)23-18(26)19(27)24-16/h1-9,25H,(H,23,26)(H,24,27). The van der Waals surface area contributed by atoms with E-state index < -0.39 is 21.1 Å². The molecule has 8 nitrogen and oxygen atoms in total. The normalized spacial score (nSPS) is 11.5. The maximum absolute atomic E-state index is 12.9. The number of pyridine rings is 1. The van der Waals surface area contributed by atoms with E-state index in [-0.39, 0.29) is 26.6 Å². The molecule has 0 aliphatic carbocycles. The molecule has 0 radical (unpaired) electrons. The van der Waals surface area contributed by atoms with Gasteiger partial charge in [-0.1, -0.05) is 29.3 Å². The fourth-order valence-electron chi connectivity index (χ4n) is 2.88. The number of rotatable bonds is 4. The Kier molecular flexibility index (Phi) is 5.10. The van der Waals surface area contributed by atoms with Gasteiger partial charge < -0.3 is 9.97 Å². The molecule has 0 spiro atoms. The summed E-state index contributed by atoms with van der Waals surface area (Å²) in [4.78, 5) is 31.3. The highest BCUT2D eigenvalue weighted by Crippen LogP contribution is 2.32. The second kappa shape index (κ2) is 7.60. The van der Waals surface area contributed by atoms with Crippen molar-refractivity contribution in [3.05, 3.63) is 85.6 Å². The highest BCUT2D eigenvalue weighted by Gasteiger charge is 2.20. The molecule has 0 bridgehead atoms. The molecule has 2 heterocycles. The van der Waals surface area contributed by atoms with Crippen molar-refractivity contribution >= 4 is 49.9 Å². The number of sulfonamides is 1. The van der Waals surface area contributed by atoms with Crippen LogP contribution in [0.2, 0.25) is 10.0 Å². The van der Waals surface area contributed by atoms with Crippen LogP contribution < -0.4 is 15.8 Å². The van der Waals surface area contributed by atoms with Gasteiger partial charge in [-0.05, 0) is 42.0 Å². The number of hydrogen-bond acceptors (Lipinski definition) is 5. The highest BCUT2D eigenvalue weighted by molar-refractivity contribution is 7.92. The van der Waals surface area contributed by atoms with E-state index in [4.69, 9.17) is 23.2 Å². The molecule has 4 rings (SSSR count). The van der Waals surface area contributed by atoms with Crippen molar-refractivity contribution in [3.63, 3.8) is 0 Å². The number of hydrogen-bond donors (Lipinski definition) is 3. The van der Waals surface area contributed by atoms with Gasteiger partial charge in [0.25, 0.3) is 10.0 Å². The predicted molar refractivity (Wildman–Crippen MR) is 116 cm³/mol. The van der Waals surface area contributed by atoms with Gasteiger partial charge in [0.05, 0.1) is 26.8 Å². The van der Waals surface area contributed by atoms with E-state index in [0.717, 1.165) is 5.56 Å². The molecule has 2 aromatic carbocycles. The first-order valence-electron chi connectivity index (χ1n) is 8.43. The zero-order valence-electron chi connectivity index (χ0n) is 14.9. The average Bonchev–Trinajstić information content (AvgIpc) is 2.69. The van der Waals surface area contributed by atoms with Crippen LogP contribution in [-0.2, 0) is 10.0 Å². The molecule has 0 unspecified atom stereocenters. The minimum Gasteiger partial charge on any atom is -0.316 e. The van der Waals surface area contributed by atoms with Crippen molar-refractivity contribution < 1.29 is 8.42 Å². The van der Waals surface area contributed by atoms with Gasteiger partial charge >= 0.3 is 11.1 Å². The fourth-order valence-corrected chi connectivity index (χ4v) is 4.77. The minimum atomic E-state index is -4.12. The highest BCUT2D eigenvalue weighted by atomic mass is 35.5. The zero-order valence-corrected chi connectivity index (χ0v) is 17.3. The number of aromatic nitrogens is 3. The molecule has 2 aromatic heterocycles. The monoisotopic (exact) mass is 462 g/mol. The van der Waals surface area contributed by atoms with E-state index in [0.29, 0.717) is 10.6 Å². The van der Waals surface area contributed by atoms with Gasteiger partial charge in [-0.2, -0.15) is 0 Å². The van der Waals surface area contributed by atoms with Crippen LogP contribution in [0.15, 0.2) is 69.3 Å². The van der Waals surface area contributed by atoms with Gasteiger partial charge in [0, 0.05) is 18.0 Å². The summed E-state index contributed by atoms with van der Waals surface area (Å²) in [5.41, 5.74) is 0.329. The molecule has 0 aliphatic heterocycles. The van der Waals surface area contributed by atoms with Crippen molar-refractivity contribution in [2.45, 2.75) is 4.90 Å². The number of nitrogens with one attached hydrogen (secondary N) is 3. The molecule has 0 saturated carbocycles. The van der Waals surface area contributed by atoms with Gasteiger partial charge in [0.1, 0.15) is 4.90 Å². The van der Waals surface area contributed by atoms with Gasteiger partial charge in [-0.3, -0.25) is 19.3 Å². The van der Waals surface area contributed by atoms with E-state index in [9.17, 15) is 18.0 Å². The molecule has 152 valence electrons. The molecule has 0 saturated heterocycles. The Morgan fingerprint density at radius 2 is 1.47 bits per heavy atom. The topological polar surface area (TPSA) is 125 Å². The number of benzene rings is 2. The molecule has 3 N–H and O–H groups in total.